The van der Waals surface area contributed by atoms with Crippen LogP contribution in [0.5, 0.6) is 0 Å². The molecule has 0 unspecified atom stereocenters. The summed E-state index contributed by atoms with van der Waals surface area (Å²) in [6.45, 7) is 3.06. The Morgan fingerprint density at radius 2 is 2.11 bits per heavy atom. The molecule has 1 aromatic carbocycles. The zero-order chi connectivity index (χ0) is 18.6. The Labute approximate surface area is 170 Å². The summed E-state index contributed by atoms with van der Waals surface area (Å²) in [6.07, 6.45) is 5.21. The zero-order valence-corrected chi connectivity index (χ0v) is 16.5. The highest BCUT2D eigenvalue weighted by Gasteiger charge is 2.22. The fourth-order valence-corrected chi connectivity index (χ4v) is 3.66. The van der Waals surface area contributed by atoms with E-state index in [9.17, 15) is 9.59 Å². The lowest BCUT2D eigenvalue weighted by Crippen LogP contribution is -2.29. The molecular weight excluding hydrogens is 380 g/mol. The summed E-state index contributed by atoms with van der Waals surface area (Å²) in [6, 6.07) is 8.04. The van der Waals surface area contributed by atoms with Crippen LogP contribution in [0.2, 0.25) is 0 Å². The smallest absolute Gasteiger partial charge is 0.273 e. The Balaban J connectivity index is 0.00000225. The number of carbonyl (C=O) groups is 2. The van der Waals surface area contributed by atoms with E-state index in [2.05, 4.69) is 20.9 Å². The summed E-state index contributed by atoms with van der Waals surface area (Å²) in [5.41, 5.74) is 2.17. The van der Waals surface area contributed by atoms with Crippen LogP contribution in [-0.4, -0.2) is 46.4 Å². The number of halogens is 1. The quantitative estimate of drug-likeness (QED) is 0.791. The highest BCUT2D eigenvalue weighted by atomic mass is 35.5. The van der Waals surface area contributed by atoms with Crippen LogP contribution in [0, 0.1) is 0 Å². The van der Waals surface area contributed by atoms with E-state index in [1.165, 1.54) is 0 Å². The second-order valence-corrected chi connectivity index (χ2v) is 7.07. The largest absolute Gasteiger partial charge is 0.347 e. The lowest BCUT2D eigenvalue weighted by atomic mass is 10.1. The molecule has 3 heterocycles. The number of aromatic nitrogens is 3. The average molecular weight is 405 g/mol. The highest BCUT2D eigenvalue weighted by molar-refractivity contribution is 5.95. The van der Waals surface area contributed by atoms with Gasteiger partial charge in [0, 0.05) is 25.2 Å². The Bertz CT molecular complexity index is 833. The Morgan fingerprint density at radius 1 is 1.29 bits per heavy atom. The van der Waals surface area contributed by atoms with Crippen molar-refractivity contribution in [3.63, 3.8) is 0 Å². The number of nitrogens with one attached hydrogen (secondary N) is 2. The van der Waals surface area contributed by atoms with Crippen molar-refractivity contribution in [1.29, 1.82) is 0 Å². The van der Waals surface area contributed by atoms with E-state index in [0.717, 1.165) is 50.1 Å². The van der Waals surface area contributed by atoms with Gasteiger partial charge < -0.3 is 15.5 Å². The molecule has 0 atom stereocenters. The van der Waals surface area contributed by atoms with E-state index in [1.807, 2.05) is 24.3 Å². The third kappa shape index (κ3) is 4.51. The van der Waals surface area contributed by atoms with Crippen molar-refractivity contribution in [2.24, 2.45) is 0 Å². The lowest BCUT2D eigenvalue weighted by Gasteiger charge is -2.22. The zero-order valence-electron chi connectivity index (χ0n) is 15.6. The van der Waals surface area contributed by atoms with E-state index in [4.69, 9.17) is 0 Å². The van der Waals surface area contributed by atoms with Crippen molar-refractivity contribution >= 4 is 29.9 Å². The standard InChI is InChI=1S/C19H24N6O2.ClH/c26-18-5-2-10-24(18)16-4-1-3-14(11-16)12-21-19(27)17-13-25(23-22-17)15-6-8-20-9-7-15;/h1,3-4,11,13,15,20H,2,5-10,12H2,(H,21,27);1H. The van der Waals surface area contributed by atoms with Gasteiger partial charge in [-0.05, 0) is 50.0 Å². The van der Waals surface area contributed by atoms with Crippen LogP contribution in [0.3, 0.4) is 0 Å². The molecule has 2 saturated heterocycles. The van der Waals surface area contributed by atoms with E-state index in [1.54, 1.807) is 15.8 Å². The molecule has 0 spiro atoms. The summed E-state index contributed by atoms with van der Waals surface area (Å²) >= 11 is 0. The van der Waals surface area contributed by atoms with Gasteiger partial charge in [0.1, 0.15) is 0 Å². The van der Waals surface area contributed by atoms with Crippen LogP contribution in [0.15, 0.2) is 30.5 Å². The first-order valence-electron chi connectivity index (χ1n) is 9.51. The van der Waals surface area contributed by atoms with E-state index >= 15 is 0 Å². The van der Waals surface area contributed by atoms with Gasteiger partial charge in [0.25, 0.3) is 5.91 Å². The summed E-state index contributed by atoms with van der Waals surface area (Å²) in [4.78, 5) is 26.1. The van der Waals surface area contributed by atoms with Gasteiger partial charge in [0.2, 0.25) is 5.91 Å². The van der Waals surface area contributed by atoms with Gasteiger partial charge >= 0.3 is 0 Å². The number of piperidine rings is 1. The number of rotatable bonds is 5. The summed E-state index contributed by atoms with van der Waals surface area (Å²) in [5.74, 6) is -0.0800. The second-order valence-electron chi connectivity index (χ2n) is 7.07. The van der Waals surface area contributed by atoms with Crippen molar-refractivity contribution in [2.75, 3.05) is 24.5 Å². The third-order valence-electron chi connectivity index (χ3n) is 5.17. The molecule has 2 N–H and O–H groups in total. The van der Waals surface area contributed by atoms with Crippen LogP contribution >= 0.6 is 12.4 Å². The molecule has 8 nitrogen and oxygen atoms in total. The van der Waals surface area contributed by atoms with E-state index in [0.29, 0.717) is 24.7 Å². The van der Waals surface area contributed by atoms with Gasteiger partial charge in [-0.25, -0.2) is 4.68 Å². The second kappa shape index (κ2) is 9.16. The molecule has 0 saturated carbocycles. The monoisotopic (exact) mass is 404 g/mol. The molecule has 9 heteroatoms. The number of hydrogen-bond donors (Lipinski definition) is 2. The first-order valence-corrected chi connectivity index (χ1v) is 9.51. The van der Waals surface area contributed by atoms with Gasteiger partial charge in [0.15, 0.2) is 5.69 Å². The number of carbonyl (C=O) groups excluding carboxylic acids is 2. The van der Waals surface area contributed by atoms with Crippen molar-refractivity contribution in [2.45, 2.75) is 38.3 Å². The number of benzene rings is 1. The predicted molar refractivity (Wildman–Crippen MR) is 108 cm³/mol. The molecule has 2 aliphatic rings. The number of hydrogen-bond acceptors (Lipinski definition) is 5. The van der Waals surface area contributed by atoms with Crippen LogP contribution < -0.4 is 15.5 Å². The van der Waals surface area contributed by atoms with Gasteiger partial charge in [-0.3, -0.25) is 9.59 Å². The maximum absolute atomic E-state index is 12.4. The molecule has 28 heavy (non-hydrogen) atoms. The molecule has 1 aromatic heterocycles. The molecule has 2 aromatic rings. The maximum atomic E-state index is 12.4. The molecule has 0 aliphatic carbocycles. The van der Waals surface area contributed by atoms with Gasteiger partial charge in [-0.15, -0.1) is 17.5 Å². The van der Waals surface area contributed by atoms with Crippen molar-refractivity contribution in [3.05, 3.63) is 41.7 Å². The maximum Gasteiger partial charge on any atom is 0.273 e. The van der Waals surface area contributed by atoms with Crippen molar-refractivity contribution < 1.29 is 9.59 Å². The molecule has 0 bridgehead atoms. The minimum absolute atomic E-state index is 0. The van der Waals surface area contributed by atoms with Gasteiger partial charge in [-0.1, -0.05) is 17.3 Å². The molecule has 2 amide bonds. The minimum Gasteiger partial charge on any atom is -0.347 e. The molecular formula is C19H25ClN6O2. The molecule has 4 rings (SSSR count). The van der Waals surface area contributed by atoms with Crippen LogP contribution in [-0.2, 0) is 11.3 Å². The van der Waals surface area contributed by atoms with E-state index < -0.39 is 0 Å². The highest BCUT2D eigenvalue weighted by Crippen LogP contribution is 2.22. The molecule has 2 fully saturated rings. The fraction of sp³-hybridized carbons (Fsp3) is 0.474. The summed E-state index contributed by atoms with van der Waals surface area (Å²) in [5, 5.41) is 14.4. The predicted octanol–water partition coefficient (Wildman–Crippen LogP) is 1.68. The lowest BCUT2D eigenvalue weighted by molar-refractivity contribution is -0.117. The summed E-state index contributed by atoms with van der Waals surface area (Å²) < 4.78 is 1.80. The van der Waals surface area contributed by atoms with Gasteiger partial charge in [-0.2, -0.15) is 0 Å². The fourth-order valence-electron chi connectivity index (χ4n) is 3.66. The van der Waals surface area contributed by atoms with E-state index in [-0.39, 0.29) is 24.2 Å². The van der Waals surface area contributed by atoms with Crippen molar-refractivity contribution in [1.82, 2.24) is 25.6 Å². The summed E-state index contributed by atoms with van der Waals surface area (Å²) in [7, 11) is 0. The number of anilines is 1. The Hall–Kier alpha value is -2.45. The number of nitrogens with zero attached hydrogens (tertiary/aromatic N) is 4. The minimum atomic E-state index is -0.238. The average Bonchev–Trinajstić information content (AvgIpc) is 3.36. The number of amides is 2. The first-order chi connectivity index (χ1) is 13.2. The molecule has 2 aliphatic heterocycles. The topological polar surface area (TPSA) is 92.2 Å². The Morgan fingerprint density at radius 3 is 2.86 bits per heavy atom. The normalized spacial score (nSPS) is 17.4. The molecule has 150 valence electrons. The van der Waals surface area contributed by atoms with Gasteiger partial charge in [0.05, 0.1) is 12.2 Å². The SMILES string of the molecule is Cl.O=C(NCc1cccc(N2CCCC2=O)c1)c1cn(C2CCNCC2)nn1. The first kappa shape index (κ1) is 20.3. The van der Waals surface area contributed by atoms with Crippen molar-refractivity contribution in [3.8, 4) is 0 Å². The van der Waals surface area contributed by atoms with Crippen LogP contribution in [0.4, 0.5) is 5.69 Å². The Kier molecular flexibility index (Phi) is 6.64. The van der Waals surface area contributed by atoms with Crippen LogP contribution in [0.25, 0.3) is 0 Å². The van der Waals surface area contributed by atoms with Crippen LogP contribution in [0.1, 0.15) is 47.8 Å². The molecule has 0 radical (unpaired) electrons. The third-order valence-corrected chi connectivity index (χ3v) is 5.17.